The summed E-state index contributed by atoms with van der Waals surface area (Å²) in [7, 11) is 0. The minimum atomic E-state index is -0.436. The number of hydrogen-bond donors (Lipinski definition) is 1. The lowest BCUT2D eigenvalue weighted by atomic mass is 10.1. The Labute approximate surface area is 95.1 Å². The van der Waals surface area contributed by atoms with Crippen molar-refractivity contribution in [3.05, 3.63) is 29.6 Å². The van der Waals surface area contributed by atoms with Crippen LogP contribution in [0.4, 0.5) is 10.1 Å². The van der Waals surface area contributed by atoms with Gasteiger partial charge in [0.1, 0.15) is 5.82 Å². The summed E-state index contributed by atoms with van der Waals surface area (Å²) >= 11 is 0. The molecule has 1 N–H and O–H groups in total. The summed E-state index contributed by atoms with van der Waals surface area (Å²) in [6.45, 7) is 2.03. The lowest BCUT2D eigenvalue weighted by molar-refractivity contribution is 0.627. The van der Waals surface area contributed by atoms with Gasteiger partial charge in [0.05, 0.1) is 17.7 Å². The van der Waals surface area contributed by atoms with Crippen LogP contribution in [-0.2, 0) is 0 Å². The molecule has 0 spiro atoms. The molecule has 0 aliphatic heterocycles. The molecule has 0 fully saturated rings. The molecule has 0 amide bonds. The maximum atomic E-state index is 13.1. The lowest BCUT2D eigenvalue weighted by Gasteiger charge is -2.13. The fourth-order valence-electron chi connectivity index (χ4n) is 1.42. The van der Waals surface area contributed by atoms with Crippen molar-refractivity contribution in [3.63, 3.8) is 0 Å². The van der Waals surface area contributed by atoms with Crippen LogP contribution in [0.25, 0.3) is 0 Å². The molecule has 82 valence electrons. The molecule has 0 aromatic heterocycles. The highest BCUT2D eigenvalue weighted by Crippen LogP contribution is 2.15. The number of nitriles is 1. The molecule has 1 atom stereocenters. The van der Waals surface area contributed by atoms with E-state index in [9.17, 15) is 4.39 Å². The van der Waals surface area contributed by atoms with E-state index in [1.165, 1.54) is 12.1 Å². The monoisotopic (exact) mass is 216 g/mol. The molecule has 0 saturated carbocycles. The summed E-state index contributed by atoms with van der Waals surface area (Å²) < 4.78 is 13.1. The van der Waals surface area contributed by atoms with Crippen molar-refractivity contribution in [2.24, 2.45) is 0 Å². The quantitative estimate of drug-likeness (QED) is 0.785. The molecular formula is C13H13FN2. The van der Waals surface area contributed by atoms with Gasteiger partial charge in [-0.2, -0.15) is 5.26 Å². The minimum Gasteiger partial charge on any atom is -0.371 e. The van der Waals surface area contributed by atoms with E-state index in [1.807, 2.05) is 13.0 Å². The summed E-state index contributed by atoms with van der Waals surface area (Å²) in [5, 5.41) is 11.7. The molecule has 0 aliphatic rings. The summed E-state index contributed by atoms with van der Waals surface area (Å²) in [5.74, 6) is 2.16. The van der Waals surface area contributed by atoms with E-state index in [0.29, 0.717) is 5.69 Å². The van der Waals surface area contributed by atoms with Crippen molar-refractivity contribution in [2.75, 3.05) is 5.32 Å². The molecule has 2 nitrogen and oxygen atoms in total. The molecule has 16 heavy (non-hydrogen) atoms. The first-order valence-electron chi connectivity index (χ1n) is 5.13. The smallest absolute Gasteiger partial charge is 0.126 e. The molecule has 3 heteroatoms. The van der Waals surface area contributed by atoms with Gasteiger partial charge in [0, 0.05) is 5.69 Å². The van der Waals surface area contributed by atoms with Gasteiger partial charge in [-0.3, -0.25) is 0 Å². The van der Waals surface area contributed by atoms with Gasteiger partial charge in [-0.05, 0) is 24.6 Å². The SMILES string of the molecule is C#CC(CCC)Nc1cc(F)cc(C#N)c1. The van der Waals surface area contributed by atoms with E-state index in [0.717, 1.165) is 12.8 Å². The second-order valence-corrected chi connectivity index (χ2v) is 3.49. The minimum absolute atomic E-state index is 0.127. The standard InChI is InChI=1S/C13H13FN2/c1-3-5-12(4-2)16-13-7-10(9-15)6-11(14)8-13/h2,6-8,12,16H,3,5H2,1H3. The fraction of sp³-hybridized carbons (Fsp3) is 0.308. The van der Waals surface area contributed by atoms with Crippen molar-refractivity contribution < 1.29 is 4.39 Å². The summed E-state index contributed by atoms with van der Waals surface area (Å²) in [5.41, 5.74) is 0.836. The molecule has 1 unspecified atom stereocenters. The Bertz CT molecular complexity index is 440. The highest BCUT2D eigenvalue weighted by Gasteiger charge is 2.05. The zero-order valence-electron chi connectivity index (χ0n) is 9.13. The van der Waals surface area contributed by atoms with Crippen LogP contribution >= 0.6 is 0 Å². The molecule has 0 aliphatic carbocycles. The van der Waals surface area contributed by atoms with Crippen molar-refractivity contribution in [3.8, 4) is 18.4 Å². The van der Waals surface area contributed by atoms with Crippen LogP contribution in [-0.4, -0.2) is 6.04 Å². The highest BCUT2D eigenvalue weighted by molar-refractivity contribution is 5.51. The maximum Gasteiger partial charge on any atom is 0.126 e. The third-order valence-electron chi connectivity index (χ3n) is 2.15. The third-order valence-corrected chi connectivity index (χ3v) is 2.15. The van der Waals surface area contributed by atoms with Gasteiger partial charge in [-0.1, -0.05) is 19.3 Å². The zero-order valence-corrected chi connectivity index (χ0v) is 9.13. The first-order valence-corrected chi connectivity index (χ1v) is 5.13. The second-order valence-electron chi connectivity index (χ2n) is 3.49. The predicted molar refractivity (Wildman–Crippen MR) is 62.3 cm³/mol. The van der Waals surface area contributed by atoms with Gasteiger partial charge in [0.2, 0.25) is 0 Å². The summed E-state index contributed by atoms with van der Waals surface area (Å²) in [6.07, 6.45) is 7.11. The molecule has 0 radical (unpaired) electrons. The maximum absolute atomic E-state index is 13.1. The average Bonchev–Trinajstić information content (AvgIpc) is 2.27. The molecule has 1 rings (SSSR count). The van der Waals surface area contributed by atoms with Gasteiger partial charge < -0.3 is 5.32 Å². The van der Waals surface area contributed by atoms with Gasteiger partial charge in [0.25, 0.3) is 0 Å². The second kappa shape index (κ2) is 5.78. The largest absolute Gasteiger partial charge is 0.371 e. The van der Waals surface area contributed by atoms with E-state index in [2.05, 4.69) is 11.2 Å². The Kier molecular flexibility index (Phi) is 4.36. The molecule has 1 aromatic rings. The van der Waals surface area contributed by atoms with Crippen LogP contribution in [0, 0.1) is 29.5 Å². The van der Waals surface area contributed by atoms with Crippen molar-refractivity contribution in [1.29, 1.82) is 5.26 Å². The van der Waals surface area contributed by atoms with Crippen LogP contribution in [0.1, 0.15) is 25.3 Å². The van der Waals surface area contributed by atoms with Crippen molar-refractivity contribution in [2.45, 2.75) is 25.8 Å². The Balaban J connectivity index is 2.85. The summed E-state index contributed by atoms with van der Waals surface area (Å²) in [6, 6.07) is 5.88. The predicted octanol–water partition coefficient (Wildman–Crippen LogP) is 2.91. The van der Waals surface area contributed by atoms with Crippen molar-refractivity contribution >= 4 is 5.69 Å². The first kappa shape index (κ1) is 12.1. The van der Waals surface area contributed by atoms with Crippen LogP contribution in [0.5, 0.6) is 0 Å². The Morgan fingerprint density at radius 2 is 2.25 bits per heavy atom. The average molecular weight is 216 g/mol. The Morgan fingerprint density at radius 1 is 1.50 bits per heavy atom. The number of nitrogens with zero attached hydrogens (tertiary/aromatic N) is 1. The summed E-state index contributed by atoms with van der Waals surface area (Å²) in [4.78, 5) is 0. The topological polar surface area (TPSA) is 35.8 Å². The molecular weight excluding hydrogens is 203 g/mol. The first-order chi connectivity index (χ1) is 7.69. The molecule has 1 aromatic carbocycles. The number of benzene rings is 1. The van der Waals surface area contributed by atoms with Crippen molar-refractivity contribution in [1.82, 2.24) is 0 Å². The zero-order chi connectivity index (χ0) is 12.0. The molecule has 0 heterocycles. The van der Waals surface area contributed by atoms with E-state index in [1.54, 1.807) is 6.07 Å². The van der Waals surface area contributed by atoms with Gasteiger partial charge in [0.15, 0.2) is 0 Å². The van der Waals surface area contributed by atoms with Gasteiger partial charge in [-0.25, -0.2) is 4.39 Å². The van der Waals surface area contributed by atoms with E-state index in [4.69, 9.17) is 11.7 Å². The highest BCUT2D eigenvalue weighted by atomic mass is 19.1. The van der Waals surface area contributed by atoms with Crippen LogP contribution in [0.3, 0.4) is 0 Å². The third kappa shape index (κ3) is 3.29. The number of hydrogen-bond acceptors (Lipinski definition) is 2. The number of rotatable bonds is 4. The van der Waals surface area contributed by atoms with E-state index < -0.39 is 5.82 Å². The van der Waals surface area contributed by atoms with Crippen LogP contribution in [0.2, 0.25) is 0 Å². The lowest BCUT2D eigenvalue weighted by Crippen LogP contribution is -2.16. The number of anilines is 1. The Hall–Kier alpha value is -2.00. The molecule has 0 saturated heterocycles. The van der Waals surface area contributed by atoms with Crippen LogP contribution < -0.4 is 5.32 Å². The molecule has 0 bridgehead atoms. The Morgan fingerprint density at radius 3 is 2.81 bits per heavy atom. The number of terminal acetylenes is 1. The van der Waals surface area contributed by atoms with Gasteiger partial charge >= 0.3 is 0 Å². The fourth-order valence-corrected chi connectivity index (χ4v) is 1.42. The number of halogens is 1. The van der Waals surface area contributed by atoms with Gasteiger partial charge in [-0.15, -0.1) is 6.42 Å². The number of nitrogens with one attached hydrogen (secondary N) is 1. The van der Waals surface area contributed by atoms with E-state index >= 15 is 0 Å². The van der Waals surface area contributed by atoms with Crippen LogP contribution in [0.15, 0.2) is 18.2 Å². The normalized spacial score (nSPS) is 11.2. The van der Waals surface area contributed by atoms with E-state index in [-0.39, 0.29) is 11.6 Å².